The first kappa shape index (κ1) is 19.6. The zero-order valence-electron chi connectivity index (χ0n) is 16.4. The van der Waals surface area contributed by atoms with Gasteiger partial charge in [-0.1, -0.05) is 6.07 Å². The monoisotopic (exact) mass is 378 g/mol. The van der Waals surface area contributed by atoms with Crippen LogP contribution in [0.25, 0.3) is 0 Å². The number of halogens is 1. The number of cyclic esters (lactones) is 1. The number of alkyl halides is 1. The number of carbonyl (C=O) groups excluding carboxylic acids is 2. The number of carbonyl (C=O) groups is 2. The summed E-state index contributed by atoms with van der Waals surface area (Å²) in [6.45, 7) is 10.1. The summed E-state index contributed by atoms with van der Waals surface area (Å²) in [7, 11) is 0. The summed E-state index contributed by atoms with van der Waals surface area (Å²) in [4.78, 5) is 27.4. The summed E-state index contributed by atoms with van der Waals surface area (Å²) in [6, 6.07) is 3.34. The maximum absolute atomic E-state index is 15.0. The summed E-state index contributed by atoms with van der Waals surface area (Å²) < 4.78 is 25.4. The van der Waals surface area contributed by atoms with E-state index in [-0.39, 0.29) is 25.2 Å². The number of ether oxygens (including phenoxy) is 2. The van der Waals surface area contributed by atoms with E-state index >= 15 is 0 Å². The highest BCUT2D eigenvalue weighted by Gasteiger charge is 2.29. The van der Waals surface area contributed by atoms with E-state index in [4.69, 9.17) is 9.47 Å². The van der Waals surface area contributed by atoms with Gasteiger partial charge in [-0.3, -0.25) is 4.90 Å². The fourth-order valence-electron chi connectivity index (χ4n) is 3.47. The molecule has 7 heteroatoms. The molecule has 2 aliphatic rings. The van der Waals surface area contributed by atoms with Gasteiger partial charge in [-0.15, -0.1) is 0 Å². The highest BCUT2D eigenvalue weighted by atomic mass is 19.1. The fourth-order valence-corrected chi connectivity index (χ4v) is 3.47. The van der Waals surface area contributed by atoms with Gasteiger partial charge in [0.25, 0.3) is 0 Å². The Hall–Kier alpha value is -2.15. The van der Waals surface area contributed by atoms with Crippen molar-refractivity contribution in [2.75, 3.05) is 32.7 Å². The molecule has 1 amide bonds. The van der Waals surface area contributed by atoms with Crippen molar-refractivity contribution in [2.24, 2.45) is 0 Å². The van der Waals surface area contributed by atoms with E-state index in [1.807, 2.05) is 32.6 Å². The van der Waals surface area contributed by atoms with E-state index in [0.717, 1.165) is 11.1 Å². The molecule has 27 heavy (non-hydrogen) atoms. The molecule has 1 saturated heterocycles. The average molecular weight is 378 g/mol. The first-order chi connectivity index (χ1) is 12.7. The minimum absolute atomic E-state index is 0.217. The predicted octanol–water partition coefficient (Wildman–Crippen LogP) is 3.23. The molecule has 0 saturated carbocycles. The van der Waals surface area contributed by atoms with Crippen molar-refractivity contribution in [3.63, 3.8) is 0 Å². The molecule has 1 aromatic rings. The molecule has 2 heterocycles. The fraction of sp³-hybridized carbons (Fsp3) is 0.600. The molecule has 0 spiro atoms. The molecule has 0 radical (unpaired) electrons. The molecule has 0 aliphatic carbocycles. The summed E-state index contributed by atoms with van der Waals surface area (Å²) in [6.07, 6.45) is -1.47. The van der Waals surface area contributed by atoms with E-state index in [2.05, 4.69) is 0 Å². The summed E-state index contributed by atoms with van der Waals surface area (Å²) >= 11 is 0. The maximum atomic E-state index is 15.0. The summed E-state index contributed by atoms with van der Waals surface area (Å²) in [5, 5.41) is 0. The quantitative estimate of drug-likeness (QED) is 0.756. The number of nitrogens with zero attached hydrogens (tertiary/aromatic N) is 2. The molecule has 148 valence electrons. The topological polar surface area (TPSA) is 59.1 Å². The third-order valence-electron chi connectivity index (χ3n) is 4.99. The summed E-state index contributed by atoms with van der Waals surface area (Å²) in [5.41, 5.74) is 2.19. The lowest BCUT2D eigenvalue weighted by Crippen LogP contribution is -2.50. The average Bonchev–Trinajstić information content (AvgIpc) is 2.96. The van der Waals surface area contributed by atoms with Gasteiger partial charge in [-0.05, 0) is 44.9 Å². The second kappa shape index (κ2) is 7.46. The van der Waals surface area contributed by atoms with Gasteiger partial charge in [0.1, 0.15) is 18.4 Å². The Kier molecular flexibility index (Phi) is 5.42. The zero-order valence-corrected chi connectivity index (χ0v) is 16.4. The lowest BCUT2D eigenvalue weighted by molar-refractivity contribution is 0.0127. The van der Waals surface area contributed by atoms with Crippen LogP contribution in [0.4, 0.5) is 9.18 Å². The van der Waals surface area contributed by atoms with Crippen LogP contribution >= 0.6 is 0 Å². The molecule has 6 nitrogen and oxygen atoms in total. The van der Waals surface area contributed by atoms with Crippen molar-refractivity contribution < 1.29 is 23.5 Å². The van der Waals surface area contributed by atoms with Gasteiger partial charge in [0.2, 0.25) is 0 Å². The van der Waals surface area contributed by atoms with Gasteiger partial charge in [-0.25, -0.2) is 14.0 Å². The molecule has 0 aromatic heterocycles. The lowest BCUT2D eigenvalue weighted by atomic mass is 9.95. The number of amides is 1. The van der Waals surface area contributed by atoms with Crippen molar-refractivity contribution >= 4 is 12.1 Å². The van der Waals surface area contributed by atoms with Crippen LogP contribution in [0.1, 0.15) is 54.0 Å². The van der Waals surface area contributed by atoms with Crippen LogP contribution in [0.3, 0.4) is 0 Å². The molecular formula is C20H27FN2O4. The normalized spacial score (nSPS) is 18.9. The smallest absolute Gasteiger partial charge is 0.410 e. The Bertz CT molecular complexity index is 736. The molecule has 0 N–H and O–H groups in total. The molecule has 1 unspecified atom stereocenters. The number of hydrogen-bond donors (Lipinski definition) is 0. The lowest BCUT2D eigenvalue weighted by Gasteiger charge is -2.36. The minimum Gasteiger partial charge on any atom is -0.457 e. The maximum Gasteiger partial charge on any atom is 0.410 e. The number of rotatable bonds is 3. The highest BCUT2D eigenvalue weighted by molar-refractivity contribution is 5.93. The van der Waals surface area contributed by atoms with Crippen LogP contribution < -0.4 is 0 Å². The largest absolute Gasteiger partial charge is 0.457 e. The van der Waals surface area contributed by atoms with Crippen molar-refractivity contribution in [3.05, 3.63) is 34.4 Å². The Morgan fingerprint density at radius 1 is 1.26 bits per heavy atom. The molecular weight excluding hydrogens is 351 g/mol. The van der Waals surface area contributed by atoms with Crippen LogP contribution in [0.15, 0.2) is 12.1 Å². The van der Waals surface area contributed by atoms with Gasteiger partial charge in [0, 0.05) is 38.3 Å². The SMILES string of the molecule is Cc1c(C(F)CN2CCN(C(=O)OC(C)(C)C)CC2)ccc2c1COC2=O. The number of piperazine rings is 1. The Balaban J connectivity index is 1.57. The molecule has 1 aromatic carbocycles. The Morgan fingerprint density at radius 3 is 2.56 bits per heavy atom. The number of fused-ring (bicyclic) bond motifs is 1. The van der Waals surface area contributed by atoms with Crippen LogP contribution in [0, 0.1) is 6.92 Å². The second-order valence-electron chi connectivity index (χ2n) is 8.12. The Morgan fingerprint density at radius 2 is 1.93 bits per heavy atom. The number of hydrogen-bond acceptors (Lipinski definition) is 5. The van der Waals surface area contributed by atoms with Gasteiger partial charge in [0.15, 0.2) is 0 Å². The van der Waals surface area contributed by atoms with Crippen LogP contribution in [-0.4, -0.2) is 60.2 Å². The first-order valence-corrected chi connectivity index (χ1v) is 9.29. The van der Waals surface area contributed by atoms with E-state index in [9.17, 15) is 14.0 Å². The third-order valence-corrected chi connectivity index (χ3v) is 4.99. The van der Waals surface area contributed by atoms with Crippen molar-refractivity contribution in [3.8, 4) is 0 Å². The molecule has 1 atom stereocenters. The molecule has 0 bridgehead atoms. The van der Waals surface area contributed by atoms with Gasteiger partial charge < -0.3 is 14.4 Å². The highest BCUT2D eigenvalue weighted by Crippen LogP contribution is 2.31. The van der Waals surface area contributed by atoms with Crippen LogP contribution in [-0.2, 0) is 16.1 Å². The number of esters is 1. The van der Waals surface area contributed by atoms with E-state index in [1.54, 1.807) is 17.0 Å². The van der Waals surface area contributed by atoms with Crippen molar-refractivity contribution in [1.82, 2.24) is 9.80 Å². The van der Waals surface area contributed by atoms with Crippen molar-refractivity contribution in [2.45, 2.75) is 46.1 Å². The Labute approximate surface area is 159 Å². The van der Waals surface area contributed by atoms with E-state index in [0.29, 0.717) is 37.3 Å². The predicted molar refractivity (Wildman–Crippen MR) is 98.4 cm³/mol. The third kappa shape index (κ3) is 4.40. The van der Waals surface area contributed by atoms with Gasteiger partial charge in [-0.2, -0.15) is 0 Å². The standard InChI is InChI=1S/C20H27FN2O4/c1-13-14(5-6-15-16(13)12-26-18(15)24)17(21)11-22-7-9-23(10-8-22)19(25)27-20(2,3)4/h5-6,17H,7-12H2,1-4H3. The molecule has 2 aliphatic heterocycles. The first-order valence-electron chi connectivity index (χ1n) is 9.29. The second-order valence-corrected chi connectivity index (χ2v) is 8.12. The number of benzene rings is 1. The van der Waals surface area contributed by atoms with Crippen LogP contribution in [0.2, 0.25) is 0 Å². The molecule has 3 rings (SSSR count). The minimum atomic E-state index is -1.15. The van der Waals surface area contributed by atoms with Gasteiger partial charge >= 0.3 is 12.1 Å². The van der Waals surface area contributed by atoms with Gasteiger partial charge in [0.05, 0.1) is 5.56 Å². The van der Waals surface area contributed by atoms with Crippen molar-refractivity contribution in [1.29, 1.82) is 0 Å². The van der Waals surface area contributed by atoms with Crippen LogP contribution in [0.5, 0.6) is 0 Å². The summed E-state index contributed by atoms with van der Waals surface area (Å²) in [5.74, 6) is -0.340. The van der Waals surface area contributed by atoms with E-state index in [1.165, 1.54) is 0 Å². The molecule has 1 fully saturated rings. The van der Waals surface area contributed by atoms with E-state index < -0.39 is 11.8 Å². The zero-order chi connectivity index (χ0) is 19.8.